The van der Waals surface area contributed by atoms with Crippen LogP contribution in [0, 0.1) is 0 Å². The molecule has 1 aliphatic rings. The number of nitrogens with one attached hydrogen (secondary N) is 2. The summed E-state index contributed by atoms with van der Waals surface area (Å²) in [5, 5.41) is 5.80. The third-order valence-electron chi connectivity index (χ3n) is 5.83. The van der Waals surface area contributed by atoms with Crippen LogP contribution in [0.2, 0.25) is 0 Å². The molecule has 0 atom stereocenters. The summed E-state index contributed by atoms with van der Waals surface area (Å²) in [4.78, 5) is 27.6. The van der Waals surface area contributed by atoms with E-state index in [0.717, 1.165) is 30.6 Å². The minimum absolute atomic E-state index is 0.0437. The maximum absolute atomic E-state index is 12.8. The standard InChI is InChI=1S/C25H34N4O4S/c1-5-29(6-2)34(32,33)20-14-12-19(13-15-20)27-24(30)17-28-16-8-10-21-22(9-7-11-23(21)28)25(31)26-18(3)4/h7,9,11-15,18H,5-6,8,10,16-17H2,1-4H3,(H,26,31)(H,27,30). The van der Waals surface area contributed by atoms with Crippen LogP contribution in [0.5, 0.6) is 0 Å². The fraction of sp³-hybridized carbons (Fsp3) is 0.440. The van der Waals surface area contributed by atoms with Crippen LogP contribution in [0.15, 0.2) is 47.4 Å². The molecule has 184 valence electrons. The molecular weight excluding hydrogens is 452 g/mol. The van der Waals surface area contributed by atoms with Gasteiger partial charge in [0.1, 0.15) is 0 Å². The summed E-state index contributed by atoms with van der Waals surface area (Å²) in [5.41, 5.74) is 3.05. The van der Waals surface area contributed by atoms with Crippen molar-refractivity contribution in [2.45, 2.75) is 51.5 Å². The second-order valence-electron chi connectivity index (χ2n) is 8.62. The van der Waals surface area contributed by atoms with Gasteiger partial charge in [0.05, 0.1) is 11.4 Å². The van der Waals surface area contributed by atoms with Crippen molar-refractivity contribution in [3.8, 4) is 0 Å². The van der Waals surface area contributed by atoms with Crippen LogP contribution >= 0.6 is 0 Å². The van der Waals surface area contributed by atoms with E-state index in [2.05, 4.69) is 10.6 Å². The lowest BCUT2D eigenvalue weighted by molar-refractivity contribution is -0.115. The van der Waals surface area contributed by atoms with Crippen LogP contribution in [-0.4, -0.2) is 56.8 Å². The quantitative estimate of drug-likeness (QED) is 0.567. The van der Waals surface area contributed by atoms with E-state index < -0.39 is 10.0 Å². The van der Waals surface area contributed by atoms with Crippen molar-refractivity contribution in [3.05, 3.63) is 53.6 Å². The molecule has 0 unspecified atom stereocenters. The third kappa shape index (κ3) is 5.77. The molecule has 3 rings (SSSR count). The van der Waals surface area contributed by atoms with Gasteiger partial charge >= 0.3 is 0 Å². The van der Waals surface area contributed by atoms with Gasteiger partial charge in [-0.2, -0.15) is 4.31 Å². The van der Waals surface area contributed by atoms with Crippen molar-refractivity contribution in [1.29, 1.82) is 0 Å². The normalized spacial score (nSPS) is 13.6. The topological polar surface area (TPSA) is 98.8 Å². The molecule has 0 fully saturated rings. The molecule has 9 heteroatoms. The molecule has 0 saturated heterocycles. The van der Waals surface area contributed by atoms with Crippen LogP contribution in [0.1, 0.15) is 50.0 Å². The van der Waals surface area contributed by atoms with Crippen LogP contribution < -0.4 is 15.5 Å². The van der Waals surface area contributed by atoms with E-state index in [0.29, 0.717) is 24.3 Å². The molecule has 0 bridgehead atoms. The molecule has 0 aliphatic carbocycles. The molecule has 34 heavy (non-hydrogen) atoms. The molecule has 1 heterocycles. The highest BCUT2D eigenvalue weighted by molar-refractivity contribution is 7.89. The zero-order valence-corrected chi connectivity index (χ0v) is 21.1. The minimum atomic E-state index is -3.54. The second kappa shape index (κ2) is 11.0. The SMILES string of the molecule is CCN(CC)S(=O)(=O)c1ccc(NC(=O)CN2CCCc3c(C(=O)NC(C)C)cccc32)cc1. The molecule has 2 aromatic carbocycles. The number of fused-ring (bicyclic) bond motifs is 1. The number of carbonyl (C=O) groups is 2. The van der Waals surface area contributed by atoms with Gasteiger partial charge < -0.3 is 15.5 Å². The summed E-state index contributed by atoms with van der Waals surface area (Å²) >= 11 is 0. The van der Waals surface area contributed by atoms with Crippen molar-refractivity contribution in [2.24, 2.45) is 0 Å². The Hall–Kier alpha value is -2.91. The van der Waals surface area contributed by atoms with Crippen LogP contribution in [0.4, 0.5) is 11.4 Å². The van der Waals surface area contributed by atoms with E-state index >= 15 is 0 Å². The summed E-state index contributed by atoms with van der Waals surface area (Å²) in [5.74, 6) is -0.304. The molecule has 0 radical (unpaired) electrons. The predicted octanol–water partition coefficient (Wildman–Crippen LogP) is 3.25. The van der Waals surface area contributed by atoms with Crippen LogP contribution in [0.25, 0.3) is 0 Å². The summed E-state index contributed by atoms with van der Waals surface area (Å²) in [6.07, 6.45) is 1.64. The van der Waals surface area contributed by atoms with Gasteiger partial charge in [-0.3, -0.25) is 9.59 Å². The number of nitrogens with zero attached hydrogens (tertiary/aromatic N) is 2. The fourth-order valence-electron chi connectivity index (χ4n) is 4.21. The molecule has 0 saturated carbocycles. The highest BCUT2D eigenvalue weighted by Crippen LogP contribution is 2.30. The summed E-state index contributed by atoms with van der Waals surface area (Å²) in [7, 11) is -3.54. The summed E-state index contributed by atoms with van der Waals surface area (Å²) in [6.45, 7) is 9.11. The van der Waals surface area contributed by atoms with Gasteiger partial charge in [0.25, 0.3) is 5.91 Å². The third-order valence-corrected chi connectivity index (χ3v) is 7.89. The highest BCUT2D eigenvalue weighted by Gasteiger charge is 2.24. The predicted molar refractivity (Wildman–Crippen MR) is 135 cm³/mol. The van der Waals surface area contributed by atoms with Gasteiger partial charge in [0, 0.05) is 42.6 Å². The first kappa shape index (κ1) is 25.7. The van der Waals surface area contributed by atoms with Gasteiger partial charge in [0.15, 0.2) is 0 Å². The molecule has 1 aliphatic heterocycles. The fourth-order valence-corrected chi connectivity index (χ4v) is 5.67. The van der Waals surface area contributed by atoms with Crippen molar-refractivity contribution in [1.82, 2.24) is 9.62 Å². The van der Waals surface area contributed by atoms with Gasteiger partial charge in [-0.1, -0.05) is 19.9 Å². The Labute approximate surface area is 202 Å². The molecule has 0 aromatic heterocycles. The number of carbonyl (C=O) groups excluding carboxylic acids is 2. The van der Waals surface area contributed by atoms with Gasteiger partial charge in [-0.15, -0.1) is 0 Å². The van der Waals surface area contributed by atoms with Gasteiger partial charge in [-0.05, 0) is 68.7 Å². The van der Waals surface area contributed by atoms with Crippen LogP contribution in [0.3, 0.4) is 0 Å². The lowest BCUT2D eigenvalue weighted by Gasteiger charge is -2.32. The zero-order valence-electron chi connectivity index (χ0n) is 20.3. The van der Waals surface area contributed by atoms with Crippen molar-refractivity contribution < 1.29 is 18.0 Å². The van der Waals surface area contributed by atoms with E-state index in [-0.39, 0.29) is 29.3 Å². The molecule has 0 spiro atoms. The maximum Gasteiger partial charge on any atom is 0.251 e. The number of sulfonamides is 1. The van der Waals surface area contributed by atoms with E-state index in [9.17, 15) is 18.0 Å². The average Bonchev–Trinajstić information content (AvgIpc) is 2.79. The molecule has 2 amide bonds. The number of amides is 2. The lowest BCUT2D eigenvalue weighted by Crippen LogP contribution is -2.38. The van der Waals surface area contributed by atoms with Crippen molar-refractivity contribution >= 4 is 33.2 Å². The molecule has 8 nitrogen and oxygen atoms in total. The Morgan fingerprint density at radius 1 is 1.06 bits per heavy atom. The maximum atomic E-state index is 12.8. The van der Waals surface area contributed by atoms with Crippen molar-refractivity contribution in [2.75, 3.05) is 36.4 Å². The molecular formula is C25H34N4O4S. The largest absolute Gasteiger partial charge is 0.362 e. The Morgan fingerprint density at radius 3 is 2.35 bits per heavy atom. The number of rotatable bonds is 9. The minimum Gasteiger partial charge on any atom is -0.362 e. The summed E-state index contributed by atoms with van der Waals surface area (Å²) in [6, 6.07) is 11.9. The van der Waals surface area contributed by atoms with Crippen molar-refractivity contribution in [3.63, 3.8) is 0 Å². The first-order valence-corrected chi connectivity index (χ1v) is 13.2. The van der Waals surface area contributed by atoms with E-state index in [1.54, 1.807) is 26.0 Å². The van der Waals surface area contributed by atoms with E-state index in [1.165, 1.54) is 16.4 Å². The van der Waals surface area contributed by atoms with Gasteiger partial charge in [0.2, 0.25) is 15.9 Å². The first-order valence-electron chi connectivity index (χ1n) is 11.7. The monoisotopic (exact) mass is 486 g/mol. The zero-order chi connectivity index (χ0) is 24.9. The Balaban J connectivity index is 1.71. The summed E-state index contributed by atoms with van der Waals surface area (Å²) < 4.78 is 26.7. The van der Waals surface area contributed by atoms with Crippen LogP contribution in [-0.2, 0) is 21.2 Å². The molecule has 2 N–H and O–H groups in total. The Morgan fingerprint density at radius 2 is 1.74 bits per heavy atom. The smallest absolute Gasteiger partial charge is 0.251 e. The van der Waals surface area contributed by atoms with E-state index in [4.69, 9.17) is 0 Å². The van der Waals surface area contributed by atoms with Gasteiger partial charge in [-0.25, -0.2) is 8.42 Å². The lowest BCUT2D eigenvalue weighted by atomic mass is 9.95. The number of benzene rings is 2. The number of anilines is 2. The Bertz CT molecular complexity index is 1130. The molecule has 2 aromatic rings. The second-order valence-corrected chi connectivity index (χ2v) is 10.6. The number of hydrogen-bond acceptors (Lipinski definition) is 5. The first-order chi connectivity index (χ1) is 16.2. The van der Waals surface area contributed by atoms with E-state index in [1.807, 2.05) is 36.9 Å². The highest BCUT2D eigenvalue weighted by atomic mass is 32.2. The Kier molecular flexibility index (Phi) is 8.33. The average molecular weight is 487 g/mol. The number of hydrogen-bond donors (Lipinski definition) is 2.